The van der Waals surface area contributed by atoms with E-state index in [1.807, 2.05) is 6.07 Å². The molecule has 0 saturated heterocycles. The first-order valence-electron chi connectivity index (χ1n) is 21.4. The van der Waals surface area contributed by atoms with E-state index >= 15 is 0 Å². The SMILES string of the molecule is C1=CCC2Oc3ccc(-c4cccc(-c5cc(-c6ccc(-c7ccccc7)cc6)nc(-c6ccc(-c7ccccc7)cc6)n5)c4)cc3C3(C2=C1)c1ccccc1-c1ccccc13. The summed E-state index contributed by atoms with van der Waals surface area (Å²) >= 11 is 0. The first-order chi connectivity index (χ1) is 30.7. The molecule has 0 radical (unpaired) electrons. The number of allylic oxidation sites excluding steroid dienone is 2. The summed E-state index contributed by atoms with van der Waals surface area (Å²) in [7, 11) is 0. The minimum Gasteiger partial charge on any atom is -0.485 e. The maximum atomic E-state index is 6.88. The minimum atomic E-state index is -0.466. The van der Waals surface area contributed by atoms with E-state index in [2.05, 4.69) is 218 Å². The Morgan fingerprint density at radius 3 is 1.56 bits per heavy atom. The van der Waals surface area contributed by atoms with Gasteiger partial charge in [-0.15, -0.1) is 0 Å². The van der Waals surface area contributed by atoms with Crippen molar-refractivity contribution >= 4 is 0 Å². The molecule has 1 aromatic heterocycles. The zero-order chi connectivity index (χ0) is 41.0. The van der Waals surface area contributed by atoms with Gasteiger partial charge in [0.25, 0.3) is 0 Å². The average molecular weight is 793 g/mol. The Morgan fingerprint density at radius 2 is 0.903 bits per heavy atom. The van der Waals surface area contributed by atoms with Crippen LogP contribution in [0.25, 0.3) is 78.4 Å². The van der Waals surface area contributed by atoms with Crippen molar-refractivity contribution in [1.29, 1.82) is 0 Å². The molecule has 0 amide bonds. The molecule has 1 unspecified atom stereocenters. The monoisotopic (exact) mass is 792 g/mol. The molecule has 292 valence electrons. The Hall–Kier alpha value is -7.88. The molecule has 3 nitrogen and oxygen atoms in total. The first-order valence-corrected chi connectivity index (χ1v) is 21.4. The predicted molar refractivity (Wildman–Crippen MR) is 253 cm³/mol. The lowest BCUT2D eigenvalue weighted by atomic mass is 9.63. The standard InChI is InChI=1S/C59H40N2O/c1-3-14-39(15-4-1)41-26-30-43(31-27-41)54-38-55(61-58(60-54)44-32-28-42(29-33-44)40-16-5-2-6-17-40)47-19-13-18-45(36-47)46-34-35-57-53(37-46)59(52-24-11-12-25-56(52)62-57)50-22-9-7-20-48(50)49-21-8-10-23-51(49)59/h1-24,26-38,56H,25H2. The highest BCUT2D eigenvalue weighted by Crippen LogP contribution is 2.61. The van der Waals surface area contributed by atoms with E-state index in [4.69, 9.17) is 14.7 Å². The van der Waals surface area contributed by atoms with Crippen LogP contribution in [-0.4, -0.2) is 16.1 Å². The summed E-state index contributed by atoms with van der Waals surface area (Å²) in [4.78, 5) is 10.5. The van der Waals surface area contributed by atoms with Crippen molar-refractivity contribution in [2.24, 2.45) is 0 Å². The Labute approximate surface area is 362 Å². The molecule has 2 heterocycles. The van der Waals surface area contributed by atoms with Crippen LogP contribution >= 0.6 is 0 Å². The van der Waals surface area contributed by atoms with E-state index in [1.165, 1.54) is 50.1 Å². The smallest absolute Gasteiger partial charge is 0.160 e. The van der Waals surface area contributed by atoms with Gasteiger partial charge in [0.2, 0.25) is 0 Å². The maximum Gasteiger partial charge on any atom is 0.160 e. The Bertz CT molecular complexity index is 3070. The van der Waals surface area contributed by atoms with Crippen molar-refractivity contribution in [3.63, 3.8) is 0 Å². The van der Waals surface area contributed by atoms with Gasteiger partial charge in [-0.25, -0.2) is 9.97 Å². The van der Waals surface area contributed by atoms with Crippen LogP contribution in [0, 0.1) is 0 Å². The van der Waals surface area contributed by atoms with Crippen molar-refractivity contribution in [3.05, 3.63) is 247 Å². The molecule has 3 heteroatoms. The van der Waals surface area contributed by atoms with Crippen molar-refractivity contribution < 1.29 is 4.74 Å². The lowest BCUT2D eigenvalue weighted by molar-refractivity contribution is 0.205. The normalized spacial score (nSPS) is 15.2. The van der Waals surface area contributed by atoms with E-state index in [0.29, 0.717) is 5.82 Å². The molecule has 0 fully saturated rings. The van der Waals surface area contributed by atoms with Crippen LogP contribution in [0.2, 0.25) is 0 Å². The number of aromatic nitrogens is 2. The number of hydrogen-bond donors (Lipinski definition) is 0. The van der Waals surface area contributed by atoms with Gasteiger partial charge in [-0.2, -0.15) is 0 Å². The third-order valence-electron chi connectivity index (χ3n) is 12.9. The van der Waals surface area contributed by atoms with Crippen molar-refractivity contribution in [3.8, 4) is 84.2 Å². The highest BCUT2D eigenvalue weighted by Gasteiger charge is 2.53. The summed E-state index contributed by atoms with van der Waals surface area (Å²) < 4.78 is 6.88. The molecule has 2 aliphatic carbocycles. The lowest BCUT2D eigenvalue weighted by Gasteiger charge is -2.45. The van der Waals surface area contributed by atoms with Crippen molar-refractivity contribution in [2.45, 2.75) is 17.9 Å². The summed E-state index contributed by atoms with van der Waals surface area (Å²) in [5.74, 6) is 1.63. The van der Waals surface area contributed by atoms with E-state index in [1.54, 1.807) is 0 Å². The molecule has 0 saturated carbocycles. The molecule has 9 aromatic rings. The zero-order valence-electron chi connectivity index (χ0n) is 33.9. The van der Waals surface area contributed by atoms with Gasteiger partial charge in [-0.1, -0.05) is 200 Å². The van der Waals surface area contributed by atoms with E-state index in [9.17, 15) is 0 Å². The number of ether oxygens (including phenoxy) is 1. The fourth-order valence-electron chi connectivity index (χ4n) is 9.97. The van der Waals surface area contributed by atoms with E-state index < -0.39 is 5.41 Å². The third kappa shape index (κ3) is 5.89. The lowest BCUT2D eigenvalue weighted by Crippen LogP contribution is -2.42. The fourth-order valence-corrected chi connectivity index (χ4v) is 9.97. The molecule has 1 atom stereocenters. The van der Waals surface area contributed by atoms with Gasteiger partial charge >= 0.3 is 0 Å². The molecule has 0 bridgehead atoms. The number of hydrogen-bond acceptors (Lipinski definition) is 3. The van der Waals surface area contributed by atoms with Gasteiger partial charge < -0.3 is 4.74 Å². The highest BCUT2D eigenvalue weighted by molar-refractivity contribution is 5.89. The van der Waals surface area contributed by atoms with Crippen LogP contribution < -0.4 is 4.74 Å². The maximum absolute atomic E-state index is 6.88. The summed E-state index contributed by atoms with van der Waals surface area (Å²) in [6.45, 7) is 0. The Balaban J connectivity index is 0.984. The molecular formula is C59H40N2O. The topological polar surface area (TPSA) is 35.0 Å². The van der Waals surface area contributed by atoms with Gasteiger partial charge in [-0.05, 0) is 85.5 Å². The predicted octanol–water partition coefficient (Wildman–Crippen LogP) is 14.4. The van der Waals surface area contributed by atoms with Crippen LogP contribution in [0.15, 0.2) is 230 Å². The highest BCUT2D eigenvalue weighted by atomic mass is 16.5. The second-order valence-corrected chi connectivity index (χ2v) is 16.4. The van der Waals surface area contributed by atoms with Crippen molar-refractivity contribution in [2.75, 3.05) is 0 Å². The Morgan fingerprint density at radius 1 is 0.403 bits per heavy atom. The number of rotatable bonds is 6. The second-order valence-electron chi connectivity index (χ2n) is 16.4. The van der Waals surface area contributed by atoms with Crippen LogP contribution in [0.1, 0.15) is 23.1 Å². The van der Waals surface area contributed by atoms with Crippen LogP contribution in [-0.2, 0) is 5.41 Å². The second kappa shape index (κ2) is 14.7. The van der Waals surface area contributed by atoms with E-state index in [-0.39, 0.29) is 6.10 Å². The van der Waals surface area contributed by atoms with E-state index in [0.717, 1.165) is 56.9 Å². The molecular weight excluding hydrogens is 753 g/mol. The largest absolute Gasteiger partial charge is 0.485 e. The summed E-state index contributed by atoms with van der Waals surface area (Å²) in [5, 5.41) is 0. The molecule has 12 rings (SSSR count). The fraction of sp³-hybridized carbons (Fsp3) is 0.0508. The minimum absolute atomic E-state index is 0.0360. The summed E-state index contributed by atoms with van der Waals surface area (Å²) in [6, 6.07) is 73.8. The van der Waals surface area contributed by atoms with Gasteiger partial charge in [0.1, 0.15) is 11.9 Å². The van der Waals surface area contributed by atoms with Gasteiger partial charge in [0.15, 0.2) is 5.82 Å². The average Bonchev–Trinajstić information content (AvgIpc) is 3.65. The summed E-state index contributed by atoms with van der Waals surface area (Å²) in [5.41, 5.74) is 18.9. The molecule has 1 aliphatic heterocycles. The van der Waals surface area contributed by atoms with Crippen molar-refractivity contribution in [1.82, 2.24) is 9.97 Å². The summed E-state index contributed by atoms with van der Waals surface area (Å²) in [6.07, 6.45) is 7.55. The quantitative estimate of drug-likeness (QED) is 0.168. The number of nitrogens with zero attached hydrogens (tertiary/aromatic N) is 2. The number of benzene rings is 8. The molecule has 62 heavy (non-hydrogen) atoms. The Kier molecular flexibility index (Phi) is 8.53. The first kappa shape index (κ1) is 36.0. The van der Waals surface area contributed by atoms with Gasteiger partial charge in [0.05, 0.1) is 16.8 Å². The molecule has 0 N–H and O–H groups in total. The van der Waals surface area contributed by atoms with Crippen LogP contribution in [0.3, 0.4) is 0 Å². The number of fused-ring (bicyclic) bond motifs is 9. The van der Waals surface area contributed by atoms with Crippen LogP contribution in [0.5, 0.6) is 5.75 Å². The third-order valence-corrected chi connectivity index (χ3v) is 12.9. The molecule has 3 aliphatic rings. The molecule has 1 spiro atoms. The van der Waals surface area contributed by atoms with Gasteiger partial charge in [-0.3, -0.25) is 0 Å². The zero-order valence-corrected chi connectivity index (χ0v) is 33.9. The van der Waals surface area contributed by atoms with Crippen LogP contribution in [0.4, 0.5) is 0 Å². The van der Waals surface area contributed by atoms with Gasteiger partial charge in [0, 0.05) is 28.7 Å². The molecule has 8 aromatic carbocycles.